The van der Waals surface area contributed by atoms with Gasteiger partial charge in [0.05, 0.1) is 12.0 Å². The lowest BCUT2D eigenvalue weighted by Crippen LogP contribution is -2.27. The monoisotopic (exact) mass is 357 g/mol. The van der Waals surface area contributed by atoms with Crippen LogP contribution < -0.4 is 5.32 Å². The normalized spacial score (nSPS) is 11.5. The number of fused-ring (bicyclic) bond motifs is 1. The standard InChI is InChI=1S/C21H18F3NO/c22-21(23,24)19-9-6-15(7-10-19)11-12-25-20(26)14-16-5-8-17-3-1-2-4-18(17)13-16/h1-10,13H,11-12,14H2,(H,25,26). The number of carbonyl (C=O) groups excluding carboxylic acids is 1. The summed E-state index contributed by atoms with van der Waals surface area (Å²) in [6.45, 7) is 0.387. The first-order chi connectivity index (χ1) is 12.4. The molecule has 0 spiro atoms. The maximum absolute atomic E-state index is 12.5. The fourth-order valence-electron chi connectivity index (χ4n) is 2.80. The van der Waals surface area contributed by atoms with Crippen LogP contribution in [-0.4, -0.2) is 12.5 Å². The molecule has 0 fully saturated rings. The Balaban J connectivity index is 1.50. The van der Waals surface area contributed by atoms with Gasteiger partial charge in [-0.2, -0.15) is 13.2 Å². The molecular formula is C21H18F3NO. The highest BCUT2D eigenvalue weighted by molar-refractivity contribution is 5.85. The molecule has 3 aromatic rings. The number of benzene rings is 3. The van der Waals surface area contributed by atoms with Gasteiger partial charge < -0.3 is 5.32 Å². The summed E-state index contributed by atoms with van der Waals surface area (Å²) in [6, 6.07) is 18.9. The second-order valence-electron chi connectivity index (χ2n) is 6.15. The summed E-state index contributed by atoms with van der Waals surface area (Å²) in [7, 11) is 0. The van der Waals surface area contributed by atoms with Gasteiger partial charge in [-0.3, -0.25) is 4.79 Å². The van der Waals surface area contributed by atoms with Gasteiger partial charge in [0, 0.05) is 6.54 Å². The van der Waals surface area contributed by atoms with E-state index in [2.05, 4.69) is 5.32 Å². The van der Waals surface area contributed by atoms with Gasteiger partial charge in [-0.05, 0) is 40.5 Å². The van der Waals surface area contributed by atoms with Crippen LogP contribution in [0.4, 0.5) is 13.2 Å². The first-order valence-corrected chi connectivity index (χ1v) is 8.32. The molecule has 0 aliphatic rings. The third kappa shape index (κ3) is 4.63. The van der Waals surface area contributed by atoms with Crippen LogP contribution in [0.1, 0.15) is 16.7 Å². The fourth-order valence-corrected chi connectivity index (χ4v) is 2.80. The summed E-state index contributed by atoms with van der Waals surface area (Å²) in [5.74, 6) is -0.104. The van der Waals surface area contributed by atoms with E-state index in [0.29, 0.717) is 13.0 Å². The Hall–Kier alpha value is -2.82. The van der Waals surface area contributed by atoms with E-state index < -0.39 is 11.7 Å². The average Bonchev–Trinajstić information content (AvgIpc) is 2.61. The number of hydrogen-bond donors (Lipinski definition) is 1. The highest BCUT2D eigenvalue weighted by atomic mass is 19.4. The van der Waals surface area contributed by atoms with Crippen molar-refractivity contribution in [1.29, 1.82) is 0 Å². The van der Waals surface area contributed by atoms with E-state index in [0.717, 1.165) is 34.0 Å². The zero-order chi connectivity index (χ0) is 18.6. The highest BCUT2D eigenvalue weighted by Crippen LogP contribution is 2.29. The quantitative estimate of drug-likeness (QED) is 0.701. The summed E-state index contributed by atoms with van der Waals surface area (Å²) < 4.78 is 37.6. The van der Waals surface area contributed by atoms with Crippen LogP contribution in [0.2, 0.25) is 0 Å². The van der Waals surface area contributed by atoms with Crippen LogP contribution in [0.3, 0.4) is 0 Å². The molecule has 0 saturated carbocycles. The van der Waals surface area contributed by atoms with Gasteiger partial charge in [0.2, 0.25) is 5.91 Å². The molecule has 26 heavy (non-hydrogen) atoms. The molecule has 1 N–H and O–H groups in total. The SMILES string of the molecule is O=C(Cc1ccc2ccccc2c1)NCCc1ccc(C(F)(F)F)cc1. The zero-order valence-corrected chi connectivity index (χ0v) is 14.0. The molecule has 2 nitrogen and oxygen atoms in total. The lowest BCUT2D eigenvalue weighted by Gasteiger charge is -2.09. The Morgan fingerprint density at radius 1 is 0.846 bits per heavy atom. The van der Waals surface area contributed by atoms with Gasteiger partial charge >= 0.3 is 6.18 Å². The molecule has 1 amide bonds. The molecule has 0 aliphatic heterocycles. The molecule has 0 unspecified atom stereocenters. The van der Waals surface area contributed by atoms with Crippen molar-refractivity contribution in [2.75, 3.05) is 6.54 Å². The summed E-state index contributed by atoms with van der Waals surface area (Å²) >= 11 is 0. The maximum Gasteiger partial charge on any atom is 0.416 e. The Kier molecular flexibility index (Phi) is 5.26. The summed E-state index contributed by atoms with van der Waals surface area (Å²) in [6.07, 6.45) is -3.56. The predicted molar refractivity (Wildman–Crippen MR) is 95.8 cm³/mol. The lowest BCUT2D eigenvalue weighted by atomic mass is 10.0. The van der Waals surface area contributed by atoms with Gasteiger partial charge in [0.25, 0.3) is 0 Å². The van der Waals surface area contributed by atoms with Crippen LogP contribution in [-0.2, 0) is 23.8 Å². The second kappa shape index (κ2) is 7.60. The van der Waals surface area contributed by atoms with Crippen molar-refractivity contribution in [3.8, 4) is 0 Å². The minimum atomic E-state index is -4.33. The van der Waals surface area contributed by atoms with E-state index in [-0.39, 0.29) is 12.3 Å². The van der Waals surface area contributed by atoms with Gasteiger partial charge in [0.15, 0.2) is 0 Å². The molecule has 3 rings (SSSR count). The van der Waals surface area contributed by atoms with Crippen LogP contribution in [0.5, 0.6) is 0 Å². The van der Waals surface area contributed by atoms with Crippen LogP contribution in [0.15, 0.2) is 66.7 Å². The molecule has 3 aromatic carbocycles. The van der Waals surface area contributed by atoms with Crippen LogP contribution >= 0.6 is 0 Å². The third-order valence-electron chi connectivity index (χ3n) is 4.20. The number of rotatable bonds is 5. The van der Waals surface area contributed by atoms with E-state index in [4.69, 9.17) is 0 Å². The van der Waals surface area contributed by atoms with Crippen molar-refractivity contribution in [1.82, 2.24) is 5.32 Å². The highest BCUT2D eigenvalue weighted by Gasteiger charge is 2.29. The second-order valence-corrected chi connectivity index (χ2v) is 6.15. The van der Waals surface area contributed by atoms with Crippen molar-refractivity contribution in [3.63, 3.8) is 0 Å². The van der Waals surface area contributed by atoms with Crippen molar-refractivity contribution in [2.45, 2.75) is 19.0 Å². The van der Waals surface area contributed by atoms with Crippen molar-refractivity contribution in [3.05, 3.63) is 83.4 Å². The fraction of sp³-hybridized carbons (Fsp3) is 0.190. The van der Waals surface area contributed by atoms with E-state index >= 15 is 0 Å². The minimum absolute atomic E-state index is 0.104. The van der Waals surface area contributed by atoms with E-state index in [1.54, 1.807) is 0 Å². The number of alkyl halides is 3. The molecule has 134 valence electrons. The van der Waals surface area contributed by atoms with Gasteiger partial charge in [0.1, 0.15) is 0 Å². The number of nitrogens with one attached hydrogen (secondary N) is 1. The Labute approximate surface area is 149 Å². The Morgan fingerprint density at radius 3 is 2.19 bits per heavy atom. The number of halogens is 3. The predicted octanol–water partition coefficient (Wildman–Crippen LogP) is 4.76. The number of carbonyl (C=O) groups is 1. The molecule has 0 heterocycles. The average molecular weight is 357 g/mol. The van der Waals surface area contributed by atoms with Crippen molar-refractivity contribution < 1.29 is 18.0 Å². The van der Waals surface area contributed by atoms with Crippen molar-refractivity contribution in [2.24, 2.45) is 0 Å². The summed E-state index contributed by atoms with van der Waals surface area (Å²) in [5.41, 5.74) is 1.02. The Morgan fingerprint density at radius 2 is 1.50 bits per heavy atom. The molecule has 0 saturated heterocycles. The zero-order valence-electron chi connectivity index (χ0n) is 14.0. The van der Waals surface area contributed by atoms with Crippen LogP contribution in [0, 0.1) is 0 Å². The van der Waals surface area contributed by atoms with Gasteiger partial charge in [-0.25, -0.2) is 0 Å². The molecule has 5 heteroatoms. The van der Waals surface area contributed by atoms with E-state index in [9.17, 15) is 18.0 Å². The largest absolute Gasteiger partial charge is 0.416 e. The summed E-state index contributed by atoms with van der Waals surface area (Å²) in [5, 5.41) is 5.02. The Bertz CT molecular complexity index is 901. The van der Waals surface area contributed by atoms with Gasteiger partial charge in [-0.1, -0.05) is 54.6 Å². The molecular weight excluding hydrogens is 339 g/mol. The van der Waals surface area contributed by atoms with E-state index in [1.807, 2.05) is 42.5 Å². The molecule has 0 aliphatic carbocycles. The topological polar surface area (TPSA) is 29.1 Å². The summed E-state index contributed by atoms with van der Waals surface area (Å²) in [4.78, 5) is 12.1. The third-order valence-corrected chi connectivity index (χ3v) is 4.20. The molecule has 0 radical (unpaired) electrons. The first-order valence-electron chi connectivity index (χ1n) is 8.32. The molecule has 0 atom stereocenters. The lowest BCUT2D eigenvalue weighted by molar-refractivity contribution is -0.137. The first kappa shape index (κ1) is 18.0. The smallest absolute Gasteiger partial charge is 0.355 e. The molecule has 0 aromatic heterocycles. The minimum Gasteiger partial charge on any atom is -0.355 e. The molecule has 0 bridgehead atoms. The maximum atomic E-state index is 12.5. The number of amides is 1. The number of hydrogen-bond acceptors (Lipinski definition) is 1. The van der Waals surface area contributed by atoms with Crippen LogP contribution in [0.25, 0.3) is 10.8 Å². The van der Waals surface area contributed by atoms with Crippen molar-refractivity contribution >= 4 is 16.7 Å². The van der Waals surface area contributed by atoms with E-state index in [1.165, 1.54) is 12.1 Å². The van der Waals surface area contributed by atoms with Gasteiger partial charge in [-0.15, -0.1) is 0 Å².